The lowest BCUT2D eigenvalue weighted by Gasteiger charge is -2.44. The number of rotatable bonds is 8. The molecule has 0 unspecified atom stereocenters. The molecule has 1 aliphatic carbocycles. The molecule has 1 aromatic heterocycles. The fourth-order valence-corrected chi connectivity index (χ4v) is 7.21. The van der Waals surface area contributed by atoms with Gasteiger partial charge in [0.25, 0.3) is 0 Å². The third-order valence-electron chi connectivity index (χ3n) is 9.27. The van der Waals surface area contributed by atoms with Crippen LogP contribution in [0.25, 0.3) is 11.6 Å². The molecule has 0 radical (unpaired) electrons. The van der Waals surface area contributed by atoms with Gasteiger partial charge >= 0.3 is 14.2 Å². The predicted octanol–water partition coefficient (Wildman–Crippen LogP) is 3.45. The Morgan fingerprint density at radius 1 is 1.07 bits per heavy atom. The maximum absolute atomic E-state index is 14.1. The largest absolute Gasteiger partial charge is 0.508 e. The Balaban J connectivity index is 1.33. The summed E-state index contributed by atoms with van der Waals surface area (Å²) in [5.41, 5.74) is 5.27. The molecule has 3 aliphatic rings. The van der Waals surface area contributed by atoms with Gasteiger partial charge in [-0.2, -0.15) is 0 Å². The molecular weight excluding hydrogens is 570 g/mol. The minimum absolute atomic E-state index is 0.0948. The van der Waals surface area contributed by atoms with Crippen LogP contribution in [0.2, 0.25) is 6.32 Å². The number of allylic oxidation sites excluding steroid dienone is 2. The zero-order valence-corrected chi connectivity index (χ0v) is 25.3. The molecule has 230 valence electrons. The van der Waals surface area contributed by atoms with Crippen LogP contribution in [0.15, 0.2) is 84.1 Å². The maximum Gasteiger partial charge on any atom is 0.488 e. The van der Waals surface area contributed by atoms with Crippen molar-refractivity contribution in [3.8, 4) is 5.75 Å². The number of carbonyl (C=O) groups is 2. The lowest BCUT2D eigenvalue weighted by molar-refractivity contribution is -0.122. The highest BCUT2D eigenvalue weighted by Gasteiger charge is 2.57. The molecule has 0 spiro atoms. The van der Waals surface area contributed by atoms with E-state index in [9.17, 15) is 29.8 Å². The van der Waals surface area contributed by atoms with Gasteiger partial charge in [-0.1, -0.05) is 49.8 Å². The normalized spacial score (nSPS) is 23.5. The van der Waals surface area contributed by atoms with Crippen molar-refractivity contribution in [2.45, 2.75) is 45.5 Å². The lowest BCUT2D eigenvalue weighted by atomic mass is 9.57. The average Bonchev–Trinajstić information content (AvgIpc) is 3.29. The summed E-state index contributed by atoms with van der Waals surface area (Å²) in [5, 5.41) is 40.1. The minimum Gasteiger partial charge on any atom is -0.508 e. The van der Waals surface area contributed by atoms with E-state index in [0.717, 1.165) is 28.0 Å². The summed E-state index contributed by atoms with van der Waals surface area (Å²) in [6.45, 7) is 4.16. The van der Waals surface area contributed by atoms with Gasteiger partial charge in [-0.15, -0.1) is 0 Å². The van der Waals surface area contributed by atoms with Gasteiger partial charge in [-0.3, -0.25) is 19.5 Å². The van der Waals surface area contributed by atoms with Gasteiger partial charge in [0, 0.05) is 6.20 Å². The van der Waals surface area contributed by atoms with Crippen molar-refractivity contribution in [2.75, 3.05) is 4.90 Å². The van der Waals surface area contributed by atoms with Crippen LogP contribution in [-0.2, 0) is 14.2 Å². The van der Waals surface area contributed by atoms with E-state index in [2.05, 4.69) is 18.8 Å². The van der Waals surface area contributed by atoms with E-state index in [1.165, 1.54) is 17.0 Å². The molecule has 2 fully saturated rings. The first kappa shape index (κ1) is 31.0. The van der Waals surface area contributed by atoms with Crippen LogP contribution in [0.5, 0.6) is 5.75 Å². The van der Waals surface area contributed by atoms with Crippen LogP contribution in [0.1, 0.15) is 44.4 Å². The van der Waals surface area contributed by atoms with E-state index < -0.39 is 32.2 Å². The van der Waals surface area contributed by atoms with Crippen molar-refractivity contribution in [2.24, 2.45) is 23.7 Å². The van der Waals surface area contributed by atoms with Gasteiger partial charge in [-0.05, 0) is 102 Å². The van der Waals surface area contributed by atoms with Crippen molar-refractivity contribution >= 4 is 48.9 Å². The SMILES string of the molecule is CC(C)C1=C2[C@@H](CC/C(=C/c3ccc(O)cc3)c3ccccn3)OB(O)C[C@@H]2[C@@H]2C(=O)N(c3cccc(B(O)O)c3)C(=O)[C@@H]2C1. The standard InChI is InChI=1S/C34H36B2N2O7/c1-20(2)26-18-27-32(34(41)38(33(27)40)24-7-5-6-23(17-24)36(43)44)28-19-35(42)45-30(31(26)28)14-11-22(29-8-3-4-15-37-29)16-21-9-12-25(39)13-10-21/h3-10,12-13,15-17,20,27-28,30,32,39,42-44H,11,14,18-19H2,1-2H3/b22-16-/t27-,28+,30-,32-/m1/s1. The second kappa shape index (κ2) is 12.8. The van der Waals surface area contributed by atoms with Crippen molar-refractivity contribution in [3.05, 3.63) is 95.3 Å². The molecular formula is C34H36B2N2O7. The highest BCUT2D eigenvalue weighted by atomic mass is 16.5. The molecule has 4 N–H and O–H groups in total. The number of fused-ring (bicyclic) bond motifs is 3. The van der Waals surface area contributed by atoms with Crippen molar-refractivity contribution in [1.82, 2.24) is 4.98 Å². The molecule has 45 heavy (non-hydrogen) atoms. The molecule has 2 amide bonds. The fourth-order valence-electron chi connectivity index (χ4n) is 7.21. The van der Waals surface area contributed by atoms with Gasteiger partial charge in [-0.25, -0.2) is 0 Å². The van der Waals surface area contributed by atoms with Crippen LogP contribution in [0, 0.1) is 23.7 Å². The van der Waals surface area contributed by atoms with Crippen LogP contribution in [0.3, 0.4) is 0 Å². The number of benzene rings is 2. The molecule has 2 aliphatic heterocycles. The number of carbonyl (C=O) groups excluding carboxylic acids is 2. The van der Waals surface area contributed by atoms with Crippen LogP contribution in [-0.4, -0.2) is 57.3 Å². The smallest absolute Gasteiger partial charge is 0.488 e. The van der Waals surface area contributed by atoms with Gasteiger partial charge in [0.2, 0.25) is 11.8 Å². The Kier molecular flexibility index (Phi) is 8.79. The third kappa shape index (κ3) is 6.13. The number of nitrogens with zero attached hydrogens (tertiary/aromatic N) is 2. The number of phenolic OH excluding ortho intramolecular Hbond substituents is 1. The molecule has 0 bridgehead atoms. The topological polar surface area (TPSA) is 140 Å². The van der Waals surface area contributed by atoms with E-state index in [4.69, 9.17) is 4.65 Å². The highest BCUT2D eigenvalue weighted by Crippen LogP contribution is 2.52. The van der Waals surface area contributed by atoms with Gasteiger partial charge in [0.05, 0.1) is 29.3 Å². The number of pyridine rings is 1. The average molecular weight is 606 g/mol. The summed E-state index contributed by atoms with van der Waals surface area (Å²) >= 11 is 0. The Hall–Kier alpha value is -4.02. The molecule has 6 rings (SSSR count). The fraction of sp³-hybridized carbons (Fsp3) is 0.324. The van der Waals surface area contributed by atoms with Gasteiger partial charge in [0.1, 0.15) is 5.75 Å². The first-order valence-corrected chi connectivity index (χ1v) is 15.4. The molecule has 2 saturated heterocycles. The molecule has 4 atom stereocenters. The second-order valence-electron chi connectivity index (χ2n) is 12.4. The molecule has 3 heterocycles. The highest BCUT2D eigenvalue weighted by molar-refractivity contribution is 6.58. The molecule has 0 saturated carbocycles. The van der Waals surface area contributed by atoms with Crippen molar-refractivity contribution in [1.29, 1.82) is 0 Å². The van der Waals surface area contributed by atoms with E-state index in [1.54, 1.807) is 30.5 Å². The second-order valence-corrected chi connectivity index (χ2v) is 12.4. The van der Waals surface area contributed by atoms with Crippen LogP contribution < -0.4 is 10.4 Å². The van der Waals surface area contributed by atoms with Crippen LogP contribution in [0.4, 0.5) is 5.69 Å². The van der Waals surface area contributed by atoms with Gasteiger partial charge in [0.15, 0.2) is 0 Å². The molecule has 2 aromatic carbocycles. The monoisotopic (exact) mass is 606 g/mol. The van der Waals surface area contributed by atoms with Crippen molar-refractivity contribution < 1.29 is 34.4 Å². The Labute approximate surface area is 263 Å². The summed E-state index contributed by atoms with van der Waals surface area (Å²) in [5.74, 6) is -1.96. The molecule has 3 aromatic rings. The van der Waals surface area contributed by atoms with Gasteiger partial charge < -0.3 is 24.8 Å². The summed E-state index contributed by atoms with van der Waals surface area (Å²) < 4.78 is 6.20. The van der Waals surface area contributed by atoms with E-state index in [1.807, 2.05) is 36.4 Å². The Morgan fingerprint density at radius 2 is 1.84 bits per heavy atom. The number of anilines is 1. The first-order chi connectivity index (χ1) is 21.6. The number of imide groups is 1. The number of hydrogen-bond acceptors (Lipinski definition) is 8. The molecule has 9 nitrogen and oxygen atoms in total. The number of aromatic hydroxyl groups is 1. The third-order valence-corrected chi connectivity index (χ3v) is 9.27. The number of phenols is 1. The molecule has 11 heteroatoms. The summed E-state index contributed by atoms with van der Waals surface area (Å²) in [6.07, 6.45) is 5.03. The number of amides is 2. The Morgan fingerprint density at radius 3 is 2.53 bits per heavy atom. The summed E-state index contributed by atoms with van der Waals surface area (Å²) in [7, 11) is -2.83. The first-order valence-electron chi connectivity index (χ1n) is 15.4. The maximum atomic E-state index is 14.1. The van der Waals surface area contributed by atoms with E-state index in [0.29, 0.717) is 24.9 Å². The quantitative estimate of drug-likeness (QED) is 0.174. The van der Waals surface area contributed by atoms with E-state index >= 15 is 0 Å². The zero-order chi connectivity index (χ0) is 31.8. The zero-order valence-electron chi connectivity index (χ0n) is 25.3. The lowest BCUT2D eigenvalue weighted by Crippen LogP contribution is -2.46. The van der Waals surface area contributed by atoms with Crippen LogP contribution >= 0.6 is 0 Å². The summed E-state index contributed by atoms with van der Waals surface area (Å²) in [6, 6.07) is 18.9. The Bertz CT molecular complexity index is 1640. The van der Waals surface area contributed by atoms with E-state index in [-0.39, 0.29) is 41.2 Å². The summed E-state index contributed by atoms with van der Waals surface area (Å²) in [4.78, 5) is 33.6. The number of hydrogen-bond donors (Lipinski definition) is 4. The van der Waals surface area contributed by atoms with Crippen molar-refractivity contribution in [3.63, 3.8) is 0 Å². The predicted molar refractivity (Wildman–Crippen MR) is 173 cm³/mol. The minimum atomic E-state index is -1.73. The number of aromatic nitrogens is 1.